The van der Waals surface area contributed by atoms with E-state index in [0.717, 1.165) is 12.1 Å². The fourth-order valence-corrected chi connectivity index (χ4v) is 2.52. The van der Waals surface area contributed by atoms with E-state index in [9.17, 15) is 18.4 Å². The Morgan fingerprint density at radius 1 is 1.04 bits per heavy atom. The van der Waals surface area contributed by atoms with Crippen molar-refractivity contribution in [3.8, 4) is 5.75 Å². The molecule has 0 saturated carbocycles. The van der Waals surface area contributed by atoms with E-state index in [0.29, 0.717) is 26.2 Å². The first-order valence-corrected chi connectivity index (χ1v) is 7.73. The molecule has 132 valence electrons. The smallest absolute Gasteiger partial charge is 0.289 e. The Hall–Kier alpha value is -2.90. The van der Waals surface area contributed by atoms with Crippen LogP contribution < -0.4 is 4.74 Å². The Labute approximate surface area is 142 Å². The summed E-state index contributed by atoms with van der Waals surface area (Å²) in [5.74, 6) is -2.16. The summed E-state index contributed by atoms with van der Waals surface area (Å²) in [7, 11) is 0. The molecule has 1 aliphatic rings. The van der Waals surface area contributed by atoms with Gasteiger partial charge in [0.1, 0.15) is 5.75 Å². The van der Waals surface area contributed by atoms with E-state index in [4.69, 9.17) is 9.15 Å². The Bertz CT molecular complexity index is 756. The molecule has 2 heterocycles. The van der Waals surface area contributed by atoms with Gasteiger partial charge in [0, 0.05) is 32.2 Å². The molecule has 0 spiro atoms. The van der Waals surface area contributed by atoms with Gasteiger partial charge in [-0.2, -0.15) is 0 Å². The van der Waals surface area contributed by atoms with Gasteiger partial charge in [-0.25, -0.2) is 8.78 Å². The number of furan rings is 1. The molecule has 0 radical (unpaired) electrons. The SMILES string of the molecule is O=C(COc1ccc(F)c(F)c1)N1CCN(C(=O)c2ccco2)CC1. The standard InChI is InChI=1S/C17H16F2N2O4/c18-13-4-3-12(10-14(13)19)25-11-16(22)20-5-7-21(8-6-20)17(23)15-2-1-9-24-15/h1-4,9-10H,5-8,11H2. The van der Waals surface area contributed by atoms with Crippen molar-refractivity contribution in [2.45, 2.75) is 0 Å². The van der Waals surface area contributed by atoms with Crippen LogP contribution >= 0.6 is 0 Å². The van der Waals surface area contributed by atoms with Gasteiger partial charge in [0.25, 0.3) is 11.8 Å². The van der Waals surface area contributed by atoms with E-state index in [2.05, 4.69) is 0 Å². The molecule has 1 aromatic carbocycles. The van der Waals surface area contributed by atoms with Crippen LogP contribution in [-0.4, -0.2) is 54.4 Å². The number of carbonyl (C=O) groups excluding carboxylic acids is 2. The molecule has 3 rings (SSSR count). The van der Waals surface area contributed by atoms with Gasteiger partial charge in [0.15, 0.2) is 24.0 Å². The van der Waals surface area contributed by atoms with Crippen molar-refractivity contribution in [3.63, 3.8) is 0 Å². The first-order chi connectivity index (χ1) is 12.0. The van der Waals surface area contributed by atoms with Crippen LogP contribution in [0.15, 0.2) is 41.0 Å². The van der Waals surface area contributed by atoms with Gasteiger partial charge in [0.05, 0.1) is 6.26 Å². The second-order valence-electron chi connectivity index (χ2n) is 5.51. The van der Waals surface area contributed by atoms with E-state index in [-0.39, 0.29) is 29.9 Å². The molecular formula is C17H16F2N2O4. The molecule has 25 heavy (non-hydrogen) atoms. The lowest BCUT2D eigenvalue weighted by Crippen LogP contribution is -2.51. The summed E-state index contributed by atoms with van der Waals surface area (Å²) < 4.78 is 36.2. The number of carbonyl (C=O) groups is 2. The largest absolute Gasteiger partial charge is 0.484 e. The molecule has 0 bridgehead atoms. The second kappa shape index (κ2) is 7.33. The maximum absolute atomic E-state index is 13.1. The Balaban J connectivity index is 1.48. The molecule has 1 saturated heterocycles. The van der Waals surface area contributed by atoms with Gasteiger partial charge in [-0.3, -0.25) is 9.59 Å². The number of nitrogens with zero attached hydrogens (tertiary/aromatic N) is 2. The maximum Gasteiger partial charge on any atom is 0.289 e. The van der Waals surface area contributed by atoms with Crippen molar-refractivity contribution in [2.75, 3.05) is 32.8 Å². The molecule has 1 fully saturated rings. The Kier molecular flexibility index (Phi) is 4.97. The molecule has 2 aromatic rings. The van der Waals surface area contributed by atoms with Gasteiger partial charge in [-0.1, -0.05) is 0 Å². The molecule has 6 nitrogen and oxygen atoms in total. The van der Waals surface area contributed by atoms with Gasteiger partial charge in [-0.05, 0) is 24.3 Å². The highest BCUT2D eigenvalue weighted by Crippen LogP contribution is 2.16. The number of amides is 2. The van der Waals surface area contributed by atoms with Crippen LogP contribution in [0.5, 0.6) is 5.75 Å². The van der Waals surface area contributed by atoms with E-state index >= 15 is 0 Å². The first kappa shape index (κ1) is 16.9. The minimum atomic E-state index is -1.03. The number of piperazine rings is 1. The number of hydrogen-bond donors (Lipinski definition) is 0. The number of hydrogen-bond acceptors (Lipinski definition) is 4. The van der Waals surface area contributed by atoms with Crippen LogP contribution in [0.3, 0.4) is 0 Å². The van der Waals surface area contributed by atoms with Crippen LogP contribution in [0.2, 0.25) is 0 Å². The van der Waals surface area contributed by atoms with Crippen LogP contribution in [0.4, 0.5) is 8.78 Å². The van der Waals surface area contributed by atoms with Crippen molar-refractivity contribution >= 4 is 11.8 Å². The number of rotatable bonds is 4. The lowest BCUT2D eigenvalue weighted by atomic mass is 10.3. The predicted molar refractivity (Wildman–Crippen MR) is 83.0 cm³/mol. The number of benzene rings is 1. The highest BCUT2D eigenvalue weighted by molar-refractivity contribution is 5.91. The summed E-state index contributed by atoms with van der Waals surface area (Å²) in [5, 5.41) is 0. The quantitative estimate of drug-likeness (QED) is 0.845. The van der Waals surface area contributed by atoms with Crippen molar-refractivity contribution in [2.24, 2.45) is 0 Å². The molecule has 2 amide bonds. The summed E-state index contributed by atoms with van der Waals surface area (Å²) in [6.07, 6.45) is 1.43. The fraction of sp³-hybridized carbons (Fsp3) is 0.294. The average Bonchev–Trinajstić information content (AvgIpc) is 3.16. The lowest BCUT2D eigenvalue weighted by molar-refractivity contribution is -0.134. The van der Waals surface area contributed by atoms with E-state index < -0.39 is 11.6 Å². The van der Waals surface area contributed by atoms with Crippen LogP contribution in [0.1, 0.15) is 10.6 Å². The van der Waals surface area contributed by atoms with E-state index in [1.165, 1.54) is 12.3 Å². The maximum atomic E-state index is 13.1. The zero-order valence-electron chi connectivity index (χ0n) is 13.3. The Morgan fingerprint density at radius 3 is 2.40 bits per heavy atom. The minimum absolute atomic E-state index is 0.0823. The van der Waals surface area contributed by atoms with Gasteiger partial charge < -0.3 is 19.0 Å². The van der Waals surface area contributed by atoms with Gasteiger partial charge in [-0.15, -0.1) is 0 Å². The Morgan fingerprint density at radius 2 is 1.76 bits per heavy atom. The molecule has 0 atom stereocenters. The summed E-state index contributed by atoms with van der Waals surface area (Å²) in [4.78, 5) is 27.5. The van der Waals surface area contributed by atoms with Crippen LogP contribution in [-0.2, 0) is 4.79 Å². The summed E-state index contributed by atoms with van der Waals surface area (Å²) >= 11 is 0. The van der Waals surface area contributed by atoms with Gasteiger partial charge >= 0.3 is 0 Å². The first-order valence-electron chi connectivity index (χ1n) is 7.73. The highest BCUT2D eigenvalue weighted by atomic mass is 19.2. The summed E-state index contributed by atoms with van der Waals surface area (Å²) in [6, 6.07) is 6.32. The molecule has 0 N–H and O–H groups in total. The molecule has 0 unspecified atom stereocenters. The normalized spacial score (nSPS) is 14.5. The zero-order valence-corrected chi connectivity index (χ0v) is 13.3. The van der Waals surface area contributed by atoms with Crippen LogP contribution in [0, 0.1) is 11.6 Å². The third kappa shape index (κ3) is 3.96. The lowest BCUT2D eigenvalue weighted by Gasteiger charge is -2.34. The van der Waals surface area contributed by atoms with Gasteiger partial charge in [0.2, 0.25) is 0 Å². The molecule has 1 aliphatic heterocycles. The van der Waals surface area contributed by atoms with Crippen molar-refractivity contribution < 1.29 is 27.5 Å². The van der Waals surface area contributed by atoms with E-state index in [1.807, 2.05) is 0 Å². The number of halogens is 2. The fourth-order valence-electron chi connectivity index (χ4n) is 2.52. The van der Waals surface area contributed by atoms with E-state index in [1.54, 1.807) is 21.9 Å². The highest BCUT2D eigenvalue weighted by Gasteiger charge is 2.26. The summed E-state index contributed by atoms with van der Waals surface area (Å²) in [6.45, 7) is 1.23. The predicted octanol–water partition coefficient (Wildman–Crippen LogP) is 1.92. The van der Waals surface area contributed by atoms with Crippen molar-refractivity contribution in [1.82, 2.24) is 9.80 Å². The molecule has 1 aromatic heterocycles. The third-order valence-corrected chi connectivity index (χ3v) is 3.90. The topological polar surface area (TPSA) is 63.0 Å². The van der Waals surface area contributed by atoms with Crippen molar-refractivity contribution in [3.05, 3.63) is 54.0 Å². The average molecular weight is 350 g/mol. The second-order valence-corrected chi connectivity index (χ2v) is 5.51. The molecule has 8 heteroatoms. The zero-order chi connectivity index (χ0) is 17.8. The number of ether oxygens (including phenoxy) is 1. The summed E-state index contributed by atoms with van der Waals surface area (Å²) in [5.41, 5.74) is 0. The van der Waals surface area contributed by atoms with Crippen molar-refractivity contribution in [1.29, 1.82) is 0 Å². The monoisotopic (exact) mass is 350 g/mol. The van der Waals surface area contributed by atoms with Crippen LogP contribution in [0.25, 0.3) is 0 Å². The molecule has 0 aliphatic carbocycles. The molecular weight excluding hydrogens is 334 g/mol. The third-order valence-electron chi connectivity index (χ3n) is 3.90. The minimum Gasteiger partial charge on any atom is -0.484 e.